The Bertz CT molecular complexity index is 959. The maximum Gasteiger partial charge on any atom is 0.472 e. The first kappa shape index (κ1) is 48.2. The maximum atomic E-state index is 12.6. The number of carbonyl (C=O) groups excluding carboxylic acids is 2. The minimum absolute atomic E-state index is 0.0246. The molecule has 0 bridgehead atoms. The van der Waals surface area contributed by atoms with Crippen LogP contribution in [0.4, 0.5) is 0 Å². The van der Waals surface area contributed by atoms with Crippen LogP contribution in [0.5, 0.6) is 0 Å². The molecule has 0 rings (SSSR count). The zero-order chi connectivity index (χ0) is 37.2. The van der Waals surface area contributed by atoms with E-state index in [1.165, 1.54) is 77.0 Å². The molecule has 0 aromatic heterocycles. The van der Waals surface area contributed by atoms with Gasteiger partial charge in [-0.1, -0.05) is 134 Å². The Kier molecular flexibility index (Phi) is 31.9. The molecule has 0 aliphatic carbocycles. The van der Waals surface area contributed by atoms with Gasteiger partial charge in [-0.25, -0.2) is 4.57 Å². The predicted molar refractivity (Wildman–Crippen MR) is 206 cm³/mol. The molecule has 2 atom stereocenters. The molecule has 0 fully saturated rings. The fraction of sp³-hybridized carbons (Fsp3) is 0.800. The van der Waals surface area contributed by atoms with Crippen LogP contribution in [0.25, 0.3) is 0 Å². The van der Waals surface area contributed by atoms with Crippen molar-refractivity contribution in [1.29, 1.82) is 0 Å². The Morgan fingerprint density at radius 3 is 1.66 bits per heavy atom. The first-order valence-corrected chi connectivity index (χ1v) is 21.2. The smallest absolute Gasteiger partial charge is 0.462 e. The fourth-order valence-electron chi connectivity index (χ4n) is 5.03. The topological polar surface area (TPSA) is 108 Å². The Morgan fingerprint density at radius 2 is 1.10 bits per heavy atom. The summed E-state index contributed by atoms with van der Waals surface area (Å²) < 4.78 is 34.1. The maximum absolute atomic E-state index is 12.6. The molecule has 0 saturated carbocycles. The number of unbranched alkanes of at least 4 members (excludes halogenated alkanes) is 15. The second-order valence-electron chi connectivity index (χ2n) is 14.3. The number of nitrogens with zero attached hydrogens (tertiary/aromatic N) is 1. The van der Waals surface area contributed by atoms with E-state index in [-0.39, 0.29) is 26.1 Å². The van der Waals surface area contributed by atoms with Crippen molar-refractivity contribution < 1.29 is 42.1 Å². The van der Waals surface area contributed by atoms with E-state index in [1.54, 1.807) is 0 Å². The zero-order valence-corrected chi connectivity index (χ0v) is 33.5. The molecule has 0 heterocycles. The summed E-state index contributed by atoms with van der Waals surface area (Å²) in [6.45, 7) is 4.32. The van der Waals surface area contributed by atoms with Crippen molar-refractivity contribution in [2.75, 3.05) is 47.5 Å². The van der Waals surface area contributed by atoms with E-state index in [2.05, 4.69) is 50.3 Å². The largest absolute Gasteiger partial charge is 0.472 e. The van der Waals surface area contributed by atoms with Crippen LogP contribution < -0.4 is 0 Å². The molecule has 0 amide bonds. The summed E-state index contributed by atoms with van der Waals surface area (Å²) in [6.07, 6.45) is 34.9. The Balaban J connectivity index is 4.46. The molecule has 0 aromatic carbocycles. The van der Waals surface area contributed by atoms with Gasteiger partial charge in [-0.3, -0.25) is 18.6 Å². The molecular formula is C40H75NO8P+. The summed E-state index contributed by atoms with van der Waals surface area (Å²) in [7, 11) is 1.45. The summed E-state index contributed by atoms with van der Waals surface area (Å²) >= 11 is 0. The van der Waals surface area contributed by atoms with Crippen LogP contribution in [0.1, 0.15) is 155 Å². The summed E-state index contributed by atoms with van der Waals surface area (Å²) in [5.74, 6) is -0.864. The number of allylic oxidation sites excluding steroid dienone is 6. The van der Waals surface area contributed by atoms with E-state index < -0.39 is 32.5 Å². The molecule has 1 unspecified atom stereocenters. The third kappa shape index (κ3) is 36.0. The second kappa shape index (κ2) is 33.1. The first-order valence-electron chi connectivity index (χ1n) is 19.7. The van der Waals surface area contributed by atoms with Crippen LogP contribution in [0.3, 0.4) is 0 Å². The number of quaternary nitrogens is 1. The number of carbonyl (C=O) groups is 2. The molecule has 292 valence electrons. The van der Waals surface area contributed by atoms with Gasteiger partial charge >= 0.3 is 19.8 Å². The van der Waals surface area contributed by atoms with Crippen molar-refractivity contribution in [3.63, 3.8) is 0 Å². The van der Waals surface area contributed by atoms with Gasteiger partial charge in [0.15, 0.2) is 6.10 Å². The summed E-state index contributed by atoms with van der Waals surface area (Å²) in [5.41, 5.74) is 0. The highest BCUT2D eigenvalue weighted by Crippen LogP contribution is 2.43. The Morgan fingerprint density at radius 1 is 0.620 bits per heavy atom. The van der Waals surface area contributed by atoms with Crippen molar-refractivity contribution >= 4 is 19.8 Å². The second-order valence-corrected chi connectivity index (χ2v) is 15.8. The van der Waals surface area contributed by atoms with E-state index in [0.29, 0.717) is 23.9 Å². The Labute approximate surface area is 306 Å². The van der Waals surface area contributed by atoms with Gasteiger partial charge < -0.3 is 18.9 Å². The molecule has 0 spiro atoms. The highest BCUT2D eigenvalue weighted by Gasteiger charge is 2.27. The number of likely N-dealkylation sites (N-methyl/N-ethyl adjacent to an activating group) is 1. The number of hydrogen-bond donors (Lipinski definition) is 1. The first-order chi connectivity index (χ1) is 24.0. The van der Waals surface area contributed by atoms with Gasteiger partial charge in [-0.15, -0.1) is 0 Å². The lowest BCUT2D eigenvalue weighted by Crippen LogP contribution is -2.37. The number of phosphoric acid groups is 1. The quantitative estimate of drug-likeness (QED) is 0.0226. The number of esters is 2. The van der Waals surface area contributed by atoms with Crippen LogP contribution in [0.15, 0.2) is 36.5 Å². The van der Waals surface area contributed by atoms with Crippen molar-refractivity contribution in [3.8, 4) is 0 Å². The van der Waals surface area contributed by atoms with Crippen molar-refractivity contribution in [2.45, 2.75) is 161 Å². The van der Waals surface area contributed by atoms with Gasteiger partial charge in [0.1, 0.15) is 19.8 Å². The lowest BCUT2D eigenvalue weighted by Gasteiger charge is -2.24. The molecule has 0 saturated heterocycles. The number of ether oxygens (including phenoxy) is 2. The third-order valence-electron chi connectivity index (χ3n) is 8.17. The van der Waals surface area contributed by atoms with Crippen LogP contribution in [0.2, 0.25) is 0 Å². The number of hydrogen-bond acceptors (Lipinski definition) is 7. The average molecular weight is 729 g/mol. The Hall–Kier alpha value is -1.77. The molecule has 50 heavy (non-hydrogen) atoms. The molecular weight excluding hydrogens is 653 g/mol. The van der Waals surface area contributed by atoms with E-state index in [4.69, 9.17) is 18.5 Å². The van der Waals surface area contributed by atoms with E-state index in [0.717, 1.165) is 38.5 Å². The average Bonchev–Trinajstić information content (AvgIpc) is 3.06. The minimum atomic E-state index is -4.37. The molecule has 10 heteroatoms. The zero-order valence-electron chi connectivity index (χ0n) is 32.6. The summed E-state index contributed by atoms with van der Waals surface area (Å²) in [6, 6.07) is 0. The van der Waals surface area contributed by atoms with Gasteiger partial charge in [0.2, 0.25) is 0 Å². The van der Waals surface area contributed by atoms with Gasteiger partial charge in [0.05, 0.1) is 27.7 Å². The molecule has 0 aliphatic heterocycles. The van der Waals surface area contributed by atoms with Crippen molar-refractivity contribution in [2.24, 2.45) is 0 Å². The van der Waals surface area contributed by atoms with Gasteiger partial charge in [-0.2, -0.15) is 0 Å². The predicted octanol–water partition coefficient (Wildman–Crippen LogP) is 10.6. The van der Waals surface area contributed by atoms with Crippen LogP contribution in [-0.4, -0.2) is 74.9 Å². The van der Waals surface area contributed by atoms with Gasteiger partial charge in [0, 0.05) is 12.8 Å². The minimum Gasteiger partial charge on any atom is -0.462 e. The normalized spacial score (nSPS) is 14.1. The molecule has 0 radical (unpaired) electrons. The lowest BCUT2D eigenvalue weighted by atomic mass is 10.1. The van der Waals surface area contributed by atoms with Crippen LogP contribution >= 0.6 is 7.82 Å². The summed E-state index contributed by atoms with van der Waals surface area (Å²) in [5, 5.41) is 0. The van der Waals surface area contributed by atoms with Crippen LogP contribution in [0, 0.1) is 0 Å². The standard InChI is InChI=1S/C40H74NO8P/c1-6-8-10-12-14-16-17-18-19-20-21-22-23-25-26-28-30-32-39(42)46-36-38(37-48-50(44,45)47-35-34-41(3,4)5)49-40(43)33-31-29-27-24-15-13-11-9-7-2/h18-19,21-22,25-26,38H,6-17,20,23-24,27-37H2,1-5H3/p+1/b19-18+,22-21+,26-25+/t38-/m0/s1. The summed E-state index contributed by atoms with van der Waals surface area (Å²) in [4.78, 5) is 35.1. The van der Waals surface area contributed by atoms with E-state index >= 15 is 0 Å². The molecule has 0 aromatic rings. The van der Waals surface area contributed by atoms with Crippen molar-refractivity contribution in [1.82, 2.24) is 0 Å². The monoisotopic (exact) mass is 729 g/mol. The van der Waals surface area contributed by atoms with Crippen LogP contribution in [-0.2, 0) is 32.7 Å². The number of rotatable bonds is 35. The van der Waals surface area contributed by atoms with Gasteiger partial charge in [0.25, 0.3) is 0 Å². The fourth-order valence-corrected chi connectivity index (χ4v) is 5.77. The molecule has 9 nitrogen and oxygen atoms in total. The molecule has 0 aliphatic rings. The van der Waals surface area contributed by atoms with E-state index in [1.807, 2.05) is 21.1 Å². The highest BCUT2D eigenvalue weighted by molar-refractivity contribution is 7.47. The van der Waals surface area contributed by atoms with Crippen molar-refractivity contribution in [3.05, 3.63) is 36.5 Å². The number of phosphoric ester groups is 1. The lowest BCUT2D eigenvalue weighted by molar-refractivity contribution is -0.870. The molecule has 1 N–H and O–H groups in total. The highest BCUT2D eigenvalue weighted by atomic mass is 31.2. The third-order valence-corrected chi connectivity index (χ3v) is 9.16. The van der Waals surface area contributed by atoms with E-state index in [9.17, 15) is 19.0 Å². The van der Waals surface area contributed by atoms with Gasteiger partial charge in [-0.05, 0) is 44.9 Å². The SMILES string of the molecule is CCCCCCCC/C=C/C/C=C/C/C=C/CCCC(=O)OC[C@@H](COP(=O)(O)OCC[N+](C)(C)C)OC(=O)CCCCCCCCCCC.